The summed E-state index contributed by atoms with van der Waals surface area (Å²) in [5, 5.41) is 8.82. The third kappa shape index (κ3) is 1.65. The van der Waals surface area contributed by atoms with Crippen LogP contribution in [0.25, 0.3) is 0 Å². The van der Waals surface area contributed by atoms with Crippen LogP contribution < -0.4 is 5.73 Å². The highest BCUT2D eigenvalue weighted by molar-refractivity contribution is 5.22. The van der Waals surface area contributed by atoms with Crippen molar-refractivity contribution in [2.24, 2.45) is 5.73 Å². The van der Waals surface area contributed by atoms with Gasteiger partial charge in [-0.15, -0.1) is 0 Å². The van der Waals surface area contributed by atoms with Crippen LogP contribution >= 0.6 is 0 Å². The molecule has 0 amide bonds. The Balaban J connectivity index is 2.64. The fraction of sp³-hybridized carbons (Fsp3) is 0.429. The van der Waals surface area contributed by atoms with Gasteiger partial charge in [-0.25, -0.2) is 4.39 Å². The molecule has 1 rings (SSSR count). The highest BCUT2D eigenvalue weighted by Gasteiger charge is 2.09. The van der Waals surface area contributed by atoms with E-state index in [0.717, 1.165) is 0 Å². The molecule has 10 heavy (non-hydrogen) atoms. The van der Waals surface area contributed by atoms with Crippen molar-refractivity contribution < 1.29 is 9.50 Å². The Bertz CT molecular complexity index is 184. The molecule has 0 bridgehead atoms. The normalized spacial score (nSPS) is 21.5. The number of aliphatic hydroxyl groups is 1. The molecule has 0 radical (unpaired) electrons. The summed E-state index contributed by atoms with van der Waals surface area (Å²) >= 11 is 0. The first kappa shape index (κ1) is 7.44. The van der Waals surface area contributed by atoms with E-state index in [4.69, 9.17) is 10.8 Å². The number of halogens is 1. The molecule has 0 fully saturated rings. The van der Waals surface area contributed by atoms with Crippen molar-refractivity contribution in [1.29, 1.82) is 0 Å². The lowest BCUT2D eigenvalue weighted by molar-refractivity contribution is 0.213. The van der Waals surface area contributed by atoms with Crippen LogP contribution in [0.3, 0.4) is 0 Å². The van der Waals surface area contributed by atoms with E-state index in [1.807, 2.05) is 0 Å². The van der Waals surface area contributed by atoms with E-state index in [2.05, 4.69) is 0 Å². The van der Waals surface area contributed by atoms with Crippen LogP contribution in [0.5, 0.6) is 0 Å². The predicted octanol–water partition coefficient (Wildman–Crippen LogP) is 0.837. The van der Waals surface area contributed by atoms with Gasteiger partial charge in [-0.1, -0.05) is 6.08 Å². The topological polar surface area (TPSA) is 46.2 Å². The van der Waals surface area contributed by atoms with Crippen LogP contribution in [-0.2, 0) is 0 Å². The van der Waals surface area contributed by atoms with E-state index < -0.39 is 6.23 Å². The molecule has 0 heterocycles. The van der Waals surface area contributed by atoms with Crippen LogP contribution in [0.2, 0.25) is 0 Å². The lowest BCUT2D eigenvalue weighted by Crippen LogP contribution is -2.22. The zero-order chi connectivity index (χ0) is 7.56. The highest BCUT2D eigenvalue weighted by Crippen LogP contribution is 2.19. The highest BCUT2D eigenvalue weighted by atomic mass is 19.1. The monoisotopic (exact) mass is 143 g/mol. The third-order valence-corrected chi connectivity index (χ3v) is 1.51. The summed E-state index contributed by atoms with van der Waals surface area (Å²) in [5.74, 6) is -0.149. The molecule has 1 aliphatic rings. The Morgan fingerprint density at radius 1 is 1.50 bits per heavy atom. The first-order valence-corrected chi connectivity index (χ1v) is 3.19. The first-order chi connectivity index (χ1) is 4.70. The van der Waals surface area contributed by atoms with Gasteiger partial charge in [0, 0.05) is 6.42 Å². The van der Waals surface area contributed by atoms with Crippen molar-refractivity contribution in [3.05, 3.63) is 23.6 Å². The minimum Gasteiger partial charge on any atom is -0.375 e. The van der Waals surface area contributed by atoms with Gasteiger partial charge in [-0.3, -0.25) is 0 Å². The maximum absolute atomic E-state index is 12.3. The molecule has 0 saturated heterocycles. The summed E-state index contributed by atoms with van der Waals surface area (Å²) in [6.45, 7) is 0. The number of hydrogen-bond acceptors (Lipinski definition) is 2. The second-order valence-electron chi connectivity index (χ2n) is 2.30. The smallest absolute Gasteiger partial charge is 0.124 e. The van der Waals surface area contributed by atoms with Crippen LogP contribution in [0.4, 0.5) is 4.39 Å². The molecule has 3 heteroatoms. The fourth-order valence-corrected chi connectivity index (χ4v) is 0.874. The largest absolute Gasteiger partial charge is 0.375 e. The number of nitrogens with two attached hydrogens (primary N) is 1. The van der Waals surface area contributed by atoms with E-state index >= 15 is 0 Å². The Kier molecular flexibility index (Phi) is 2.19. The number of hydrogen-bond donors (Lipinski definition) is 2. The van der Waals surface area contributed by atoms with E-state index in [-0.39, 0.29) is 5.83 Å². The molecule has 56 valence electrons. The minimum atomic E-state index is -0.927. The van der Waals surface area contributed by atoms with Gasteiger partial charge in [-0.2, -0.15) is 0 Å². The van der Waals surface area contributed by atoms with E-state index in [0.29, 0.717) is 18.4 Å². The van der Waals surface area contributed by atoms with Gasteiger partial charge in [0.15, 0.2) is 0 Å². The molecule has 1 aliphatic carbocycles. The lowest BCUT2D eigenvalue weighted by Gasteiger charge is -2.11. The quantitative estimate of drug-likeness (QED) is 0.534. The summed E-state index contributed by atoms with van der Waals surface area (Å²) < 4.78 is 12.3. The third-order valence-electron chi connectivity index (χ3n) is 1.51. The van der Waals surface area contributed by atoms with E-state index in [1.165, 1.54) is 12.2 Å². The molecule has 1 atom stereocenters. The molecule has 0 saturated carbocycles. The first-order valence-electron chi connectivity index (χ1n) is 3.19. The van der Waals surface area contributed by atoms with Gasteiger partial charge in [0.05, 0.1) is 0 Å². The van der Waals surface area contributed by atoms with E-state index in [1.54, 1.807) is 0 Å². The van der Waals surface area contributed by atoms with Crippen LogP contribution in [0, 0.1) is 0 Å². The molecular weight excluding hydrogens is 133 g/mol. The Morgan fingerprint density at radius 2 is 2.20 bits per heavy atom. The average Bonchev–Trinajstić information content (AvgIpc) is 1.88. The van der Waals surface area contributed by atoms with Crippen LogP contribution in [0.15, 0.2) is 23.6 Å². The molecular formula is C7H10FNO. The lowest BCUT2D eigenvalue weighted by atomic mass is 10.0. The zero-order valence-electron chi connectivity index (χ0n) is 5.55. The average molecular weight is 143 g/mol. The van der Waals surface area contributed by atoms with Crippen LogP contribution in [-0.4, -0.2) is 11.3 Å². The van der Waals surface area contributed by atoms with E-state index in [9.17, 15) is 4.39 Å². The summed E-state index contributed by atoms with van der Waals surface area (Å²) in [5.41, 5.74) is 5.84. The Hall–Kier alpha value is -0.670. The molecule has 0 unspecified atom stereocenters. The van der Waals surface area contributed by atoms with Crippen molar-refractivity contribution in [3.63, 3.8) is 0 Å². The number of aliphatic hydroxyl groups excluding tert-OH is 1. The van der Waals surface area contributed by atoms with Gasteiger partial charge in [0.25, 0.3) is 0 Å². The van der Waals surface area contributed by atoms with Gasteiger partial charge in [-0.05, 0) is 18.1 Å². The summed E-state index contributed by atoms with van der Waals surface area (Å²) in [6.07, 6.45) is 2.84. The molecule has 0 aromatic heterocycles. The zero-order valence-corrected chi connectivity index (χ0v) is 5.55. The maximum atomic E-state index is 12.3. The molecule has 0 aliphatic heterocycles. The summed E-state index contributed by atoms with van der Waals surface area (Å²) in [4.78, 5) is 0. The standard InChI is InChI=1S/C7H10FNO/c8-6-3-1-5(2-4-6)7(9)10/h1,3,7,10H,2,4,9H2/t7-/m1/s1. The molecule has 3 N–H and O–H groups in total. The second kappa shape index (κ2) is 2.94. The van der Waals surface area contributed by atoms with Gasteiger partial charge in [0.2, 0.25) is 0 Å². The fourth-order valence-electron chi connectivity index (χ4n) is 0.874. The molecule has 0 spiro atoms. The molecule has 0 aromatic carbocycles. The summed E-state index contributed by atoms with van der Waals surface area (Å²) in [7, 11) is 0. The Morgan fingerprint density at radius 3 is 2.60 bits per heavy atom. The van der Waals surface area contributed by atoms with Crippen molar-refractivity contribution in [1.82, 2.24) is 0 Å². The maximum Gasteiger partial charge on any atom is 0.124 e. The number of rotatable bonds is 1. The van der Waals surface area contributed by atoms with Crippen molar-refractivity contribution in [3.8, 4) is 0 Å². The van der Waals surface area contributed by atoms with Crippen LogP contribution in [0.1, 0.15) is 12.8 Å². The second-order valence-corrected chi connectivity index (χ2v) is 2.30. The summed E-state index contributed by atoms with van der Waals surface area (Å²) in [6, 6.07) is 0. The predicted molar refractivity (Wildman–Crippen MR) is 36.7 cm³/mol. The minimum absolute atomic E-state index is 0.149. The number of allylic oxidation sites excluding steroid dienone is 3. The molecule has 2 nitrogen and oxygen atoms in total. The Labute approximate surface area is 58.8 Å². The molecule has 0 aromatic rings. The van der Waals surface area contributed by atoms with Gasteiger partial charge >= 0.3 is 0 Å². The van der Waals surface area contributed by atoms with Gasteiger partial charge < -0.3 is 10.8 Å². The van der Waals surface area contributed by atoms with Crippen molar-refractivity contribution in [2.75, 3.05) is 0 Å². The van der Waals surface area contributed by atoms with Gasteiger partial charge in [0.1, 0.15) is 12.1 Å². The SMILES string of the molecule is N[C@H](O)C1=CC=C(F)CC1. The van der Waals surface area contributed by atoms with Crippen molar-refractivity contribution >= 4 is 0 Å². The van der Waals surface area contributed by atoms with Crippen molar-refractivity contribution in [2.45, 2.75) is 19.1 Å².